The Balaban J connectivity index is 2.51. The first-order valence-corrected chi connectivity index (χ1v) is 5.77. The molecule has 1 atom stereocenters. The topological polar surface area (TPSA) is 20.2 Å². The highest BCUT2D eigenvalue weighted by Crippen LogP contribution is 2.13. The number of benzene rings is 1. The molecule has 0 spiro atoms. The number of hydrogen-bond acceptors (Lipinski definition) is 1. The van der Waals surface area contributed by atoms with Gasteiger partial charge in [-0.05, 0) is 50.3 Å². The van der Waals surface area contributed by atoms with E-state index < -0.39 is 0 Å². The Kier molecular flexibility index (Phi) is 5.08. The van der Waals surface area contributed by atoms with Crippen LogP contribution in [0.4, 0.5) is 0 Å². The summed E-state index contributed by atoms with van der Waals surface area (Å²) in [7, 11) is 0. The van der Waals surface area contributed by atoms with Gasteiger partial charge in [-0.25, -0.2) is 0 Å². The largest absolute Gasteiger partial charge is 0.393 e. The van der Waals surface area contributed by atoms with E-state index in [1.807, 2.05) is 6.92 Å². The average molecular weight is 216 g/mol. The number of aliphatic hydroxyl groups is 1. The molecular weight excluding hydrogens is 196 g/mol. The SMILES string of the molecule is CC#CCCC(O)Cc1ccc(C)c(C)c1. The van der Waals surface area contributed by atoms with E-state index in [4.69, 9.17) is 0 Å². The van der Waals surface area contributed by atoms with Gasteiger partial charge in [-0.3, -0.25) is 0 Å². The lowest BCUT2D eigenvalue weighted by atomic mass is 10.0. The average Bonchev–Trinajstić information content (AvgIpc) is 2.24. The number of aliphatic hydroxyl groups excluding tert-OH is 1. The van der Waals surface area contributed by atoms with Gasteiger partial charge in [0.05, 0.1) is 6.10 Å². The van der Waals surface area contributed by atoms with Gasteiger partial charge in [-0.15, -0.1) is 11.8 Å². The Morgan fingerprint density at radius 3 is 2.62 bits per heavy atom. The van der Waals surface area contributed by atoms with Crippen LogP contribution in [0, 0.1) is 25.7 Å². The van der Waals surface area contributed by atoms with Crippen LogP contribution >= 0.6 is 0 Å². The summed E-state index contributed by atoms with van der Waals surface area (Å²) in [5, 5.41) is 9.82. The third-order valence-electron chi connectivity index (χ3n) is 2.82. The summed E-state index contributed by atoms with van der Waals surface area (Å²) in [4.78, 5) is 0. The van der Waals surface area contributed by atoms with Gasteiger partial charge < -0.3 is 5.11 Å². The fourth-order valence-corrected chi connectivity index (χ4v) is 1.67. The first kappa shape index (κ1) is 12.8. The summed E-state index contributed by atoms with van der Waals surface area (Å²) < 4.78 is 0. The lowest BCUT2D eigenvalue weighted by Crippen LogP contribution is -2.10. The van der Waals surface area contributed by atoms with Crippen molar-refractivity contribution in [2.75, 3.05) is 0 Å². The molecule has 0 fully saturated rings. The molecule has 0 aliphatic carbocycles. The van der Waals surface area contributed by atoms with Crippen LogP contribution in [0.25, 0.3) is 0 Å². The van der Waals surface area contributed by atoms with E-state index in [0.29, 0.717) is 0 Å². The van der Waals surface area contributed by atoms with Gasteiger partial charge >= 0.3 is 0 Å². The third kappa shape index (κ3) is 4.08. The highest BCUT2D eigenvalue weighted by Gasteiger charge is 2.05. The van der Waals surface area contributed by atoms with Crippen molar-refractivity contribution in [2.24, 2.45) is 0 Å². The molecule has 1 aromatic rings. The molecule has 1 heteroatoms. The van der Waals surface area contributed by atoms with E-state index in [0.717, 1.165) is 19.3 Å². The Hall–Kier alpha value is -1.26. The zero-order valence-corrected chi connectivity index (χ0v) is 10.4. The van der Waals surface area contributed by atoms with Crippen molar-refractivity contribution < 1.29 is 5.11 Å². The fourth-order valence-electron chi connectivity index (χ4n) is 1.67. The molecule has 16 heavy (non-hydrogen) atoms. The van der Waals surface area contributed by atoms with Crippen LogP contribution in [0.15, 0.2) is 18.2 Å². The van der Waals surface area contributed by atoms with Gasteiger partial charge in [-0.2, -0.15) is 0 Å². The zero-order valence-electron chi connectivity index (χ0n) is 10.4. The van der Waals surface area contributed by atoms with Crippen LogP contribution in [-0.4, -0.2) is 11.2 Å². The monoisotopic (exact) mass is 216 g/mol. The van der Waals surface area contributed by atoms with E-state index in [1.54, 1.807) is 0 Å². The maximum absolute atomic E-state index is 9.82. The van der Waals surface area contributed by atoms with E-state index in [9.17, 15) is 5.11 Å². The third-order valence-corrected chi connectivity index (χ3v) is 2.82. The van der Waals surface area contributed by atoms with Gasteiger partial charge in [0.2, 0.25) is 0 Å². The van der Waals surface area contributed by atoms with Gasteiger partial charge in [-0.1, -0.05) is 18.2 Å². The van der Waals surface area contributed by atoms with E-state index in [1.165, 1.54) is 16.7 Å². The molecule has 86 valence electrons. The molecule has 0 bridgehead atoms. The van der Waals surface area contributed by atoms with Gasteiger partial charge in [0, 0.05) is 6.42 Å². The maximum atomic E-state index is 9.82. The fraction of sp³-hybridized carbons (Fsp3) is 0.467. The Labute approximate surface area is 98.5 Å². The van der Waals surface area contributed by atoms with Crippen molar-refractivity contribution >= 4 is 0 Å². The van der Waals surface area contributed by atoms with Crippen molar-refractivity contribution in [3.63, 3.8) is 0 Å². The van der Waals surface area contributed by atoms with E-state index >= 15 is 0 Å². The summed E-state index contributed by atoms with van der Waals surface area (Å²) in [5.74, 6) is 5.82. The van der Waals surface area contributed by atoms with Crippen molar-refractivity contribution in [2.45, 2.75) is 46.1 Å². The minimum Gasteiger partial charge on any atom is -0.393 e. The van der Waals surface area contributed by atoms with Gasteiger partial charge in [0.25, 0.3) is 0 Å². The molecular formula is C15H20O. The van der Waals surface area contributed by atoms with Crippen LogP contribution in [0.3, 0.4) is 0 Å². The molecule has 1 N–H and O–H groups in total. The second-order valence-electron chi connectivity index (χ2n) is 4.24. The molecule has 1 nitrogen and oxygen atoms in total. The van der Waals surface area contributed by atoms with Crippen LogP contribution in [0.2, 0.25) is 0 Å². The molecule has 0 radical (unpaired) electrons. The van der Waals surface area contributed by atoms with E-state index in [2.05, 4.69) is 43.9 Å². The molecule has 0 saturated carbocycles. The highest BCUT2D eigenvalue weighted by molar-refractivity contribution is 5.30. The summed E-state index contributed by atoms with van der Waals surface area (Å²) >= 11 is 0. The molecule has 1 aromatic carbocycles. The Bertz CT molecular complexity index is 396. The lowest BCUT2D eigenvalue weighted by molar-refractivity contribution is 0.166. The standard InChI is InChI=1S/C15H20O/c1-4-5-6-7-15(16)11-14-9-8-12(2)13(3)10-14/h8-10,15-16H,6-7,11H2,1-3H3. The van der Waals surface area contributed by atoms with Crippen molar-refractivity contribution in [1.29, 1.82) is 0 Å². The van der Waals surface area contributed by atoms with Crippen LogP contribution in [0.1, 0.15) is 36.5 Å². The lowest BCUT2D eigenvalue weighted by Gasteiger charge is -2.10. The second-order valence-corrected chi connectivity index (χ2v) is 4.24. The molecule has 0 amide bonds. The summed E-state index contributed by atoms with van der Waals surface area (Å²) in [6.45, 7) is 6.04. The zero-order chi connectivity index (χ0) is 12.0. The summed E-state index contributed by atoms with van der Waals surface area (Å²) in [6.07, 6.45) is 1.99. The number of aryl methyl sites for hydroxylation is 2. The van der Waals surface area contributed by atoms with Crippen molar-refractivity contribution in [3.05, 3.63) is 34.9 Å². The van der Waals surface area contributed by atoms with Gasteiger partial charge in [0.1, 0.15) is 0 Å². The minimum absolute atomic E-state index is 0.275. The molecule has 1 unspecified atom stereocenters. The summed E-state index contributed by atoms with van der Waals surface area (Å²) in [5.41, 5.74) is 3.80. The molecule has 0 heterocycles. The van der Waals surface area contributed by atoms with E-state index in [-0.39, 0.29) is 6.10 Å². The van der Waals surface area contributed by atoms with Crippen LogP contribution in [-0.2, 0) is 6.42 Å². The Morgan fingerprint density at radius 1 is 1.25 bits per heavy atom. The van der Waals surface area contributed by atoms with Gasteiger partial charge in [0.15, 0.2) is 0 Å². The maximum Gasteiger partial charge on any atom is 0.0589 e. The summed E-state index contributed by atoms with van der Waals surface area (Å²) in [6, 6.07) is 6.37. The molecule has 0 aromatic heterocycles. The second kappa shape index (κ2) is 6.35. The first-order valence-electron chi connectivity index (χ1n) is 5.77. The predicted molar refractivity (Wildman–Crippen MR) is 68.3 cm³/mol. The predicted octanol–water partition coefficient (Wildman–Crippen LogP) is 3.01. The first-order chi connectivity index (χ1) is 7.63. The van der Waals surface area contributed by atoms with Crippen molar-refractivity contribution in [3.8, 4) is 11.8 Å². The Morgan fingerprint density at radius 2 is 2.00 bits per heavy atom. The number of rotatable bonds is 4. The molecule has 0 aliphatic rings. The van der Waals surface area contributed by atoms with Crippen LogP contribution in [0.5, 0.6) is 0 Å². The normalized spacial score (nSPS) is 11.8. The smallest absolute Gasteiger partial charge is 0.0589 e. The van der Waals surface area contributed by atoms with Crippen molar-refractivity contribution in [1.82, 2.24) is 0 Å². The molecule has 0 saturated heterocycles. The number of hydrogen-bond donors (Lipinski definition) is 1. The molecule has 1 rings (SSSR count). The quantitative estimate of drug-likeness (QED) is 0.767. The highest BCUT2D eigenvalue weighted by atomic mass is 16.3. The minimum atomic E-state index is -0.275. The van der Waals surface area contributed by atoms with Crippen LogP contribution < -0.4 is 0 Å². The molecule has 0 aliphatic heterocycles.